The van der Waals surface area contributed by atoms with Crippen molar-refractivity contribution in [3.8, 4) is 0 Å². The first-order valence-corrected chi connectivity index (χ1v) is 8.21. The molecule has 1 atom stereocenters. The summed E-state index contributed by atoms with van der Waals surface area (Å²) in [5, 5.41) is 3.37. The normalized spacial score (nSPS) is 19.1. The predicted molar refractivity (Wildman–Crippen MR) is 87.6 cm³/mol. The number of aromatic nitrogens is 2. The molecule has 2 rings (SSSR count). The zero-order valence-electron chi connectivity index (χ0n) is 13.7. The molecule has 0 aromatic carbocycles. The fourth-order valence-corrected chi connectivity index (χ4v) is 2.96. The van der Waals surface area contributed by atoms with E-state index in [0.717, 1.165) is 44.1 Å². The minimum atomic E-state index is 0.648. The lowest BCUT2D eigenvalue weighted by atomic mass is 10.2. The van der Waals surface area contributed by atoms with Gasteiger partial charge in [0.1, 0.15) is 0 Å². The van der Waals surface area contributed by atoms with Gasteiger partial charge in [0.15, 0.2) is 0 Å². The number of nitrogens with zero attached hydrogens (tertiary/aromatic N) is 4. The molecule has 1 aliphatic rings. The second kappa shape index (κ2) is 8.29. The van der Waals surface area contributed by atoms with Crippen LogP contribution in [0.5, 0.6) is 0 Å². The zero-order chi connectivity index (χ0) is 15.1. The van der Waals surface area contributed by atoms with Crippen molar-refractivity contribution >= 4 is 5.95 Å². The molecule has 1 saturated heterocycles. The van der Waals surface area contributed by atoms with Gasteiger partial charge < -0.3 is 10.2 Å². The molecule has 2 heterocycles. The second-order valence-electron chi connectivity index (χ2n) is 5.87. The highest BCUT2D eigenvalue weighted by molar-refractivity contribution is 5.28. The van der Waals surface area contributed by atoms with Gasteiger partial charge in [0.2, 0.25) is 5.95 Å². The Morgan fingerprint density at radius 1 is 1.33 bits per heavy atom. The summed E-state index contributed by atoms with van der Waals surface area (Å²) >= 11 is 0. The number of nitrogens with one attached hydrogen (secondary N) is 1. The molecule has 1 aromatic rings. The molecule has 118 valence electrons. The molecule has 0 aliphatic carbocycles. The third-order valence-electron chi connectivity index (χ3n) is 4.18. The van der Waals surface area contributed by atoms with E-state index in [4.69, 9.17) is 0 Å². The van der Waals surface area contributed by atoms with Crippen molar-refractivity contribution in [3.05, 3.63) is 18.0 Å². The van der Waals surface area contributed by atoms with Gasteiger partial charge in [0.25, 0.3) is 0 Å². The van der Waals surface area contributed by atoms with Crippen LogP contribution in [0.1, 0.15) is 38.7 Å². The maximum Gasteiger partial charge on any atom is 0.225 e. The number of likely N-dealkylation sites (N-methyl/N-ethyl adjacent to an activating group) is 2. The highest BCUT2D eigenvalue weighted by Gasteiger charge is 2.24. The van der Waals surface area contributed by atoms with Crippen LogP contribution in [0, 0.1) is 0 Å². The van der Waals surface area contributed by atoms with Crippen molar-refractivity contribution in [2.45, 2.75) is 45.7 Å². The van der Waals surface area contributed by atoms with Gasteiger partial charge in [-0.2, -0.15) is 0 Å². The first-order chi connectivity index (χ1) is 10.2. The molecule has 0 spiro atoms. The van der Waals surface area contributed by atoms with Gasteiger partial charge in [-0.15, -0.1) is 0 Å². The molecule has 0 radical (unpaired) electrons. The van der Waals surface area contributed by atoms with Crippen LogP contribution in [0.3, 0.4) is 0 Å². The lowest BCUT2D eigenvalue weighted by molar-refractivity contribution is 0.270. The molecule has 21 heavy (non-hydrogen) atoms. The first kappa shape index (κ1) is 16.2. The molecule has 0 saturated carbocycles. The van der Waals surface area contributed by atoms with E-state index in [-0.39, 0.29) is 0 Å². The average Bonchev–Trinajstić information content (AvgIpc) is 2.95. The van der Waals surface area contributed by atoms with Crippen LogP contribution in [0.2, 0.25) is 0 Å². The summed E-state index contributed by atoms with van der Waals surface area (Å²) in [5.74, 6) is 0.831. The third-order valence-corrected chi connectivity index (χ3v) is 4.18. The Kier molecular flexibility index (Phi) is 6.39. The van der Waals surface area contributed by atoms with E-state index in [9.17, 15) is 0 Å². The lowest BCUT2D eigenvalue weighted by Gasteiger charge is -2.27. The van der Waals surface area contributed by atoms with E-state index >= 15 is 0 Å². The molecule has 1 aromatic heterocycles. The van der Waals surface area contributed by atoms with E-state index in [0.29, 0.717) is 6.04 Å². The first-order valence-electron chi connectivity index (χ1n) is 8.21. The van der Waals surface area contributed by atoms with Crippen molar-refractivity contribution in [1.29, 1.82) is 0 Å². The Morgan fingerprint density at radius 3 is 2.76 bits per heavy atom. The summed E-state index contributed by atoms with van der Waals surface area (Å²) in [7, 11) is 2.09. The molecule has 0 amide bonds. The number of rotatable bonds is 8. The number of likely N-dealkylation sites (tertiary alicyclic amines) is 1. The minimum Gasteiger partial charge on any atom is -0.342 e. The van der Waals surface area contributed by atoms with Crippen LogP contribution in [0.15, 0.2) is 12.4 Å². The van der Waals surface area contributed by atoms with Crippen molar-refractivity contribution in [2.75, 3.05) is 38.1 Å². The smallest absolute Gasteiger partial charge is 0.225 e. The Bertz CT molecular complexity index is 406. The fourth-order valence-electron chi connectivity index (χ4n) is 2.96. The number of hydrogen-bond acceptors (Lipinski definition) is 5. The van der Waals surface area contributed by atoms with Crippen LogP contribution >= 0.6 is 0 Å². The average molecular weight is 291 g/mol. The Morgan fingerprint density at radius 2 is 2.10 bits per heavy atom. The summed E-state index contributed by atoms with van der Waals surface area (Å²) in [4.78, 5) is 13.8. The molecule has 1 unspecified atom stereocenters. The van der Waals surface area contributed by atoms with E-state index in [1.807, 2.05) is 12.4 Å². The lowest BCUT2D eigenvalue weighted by Crippen LogP contribution is -2.39. The van der Waals surface area contributed by atoms with E-state index in [2.05, 4.69) is 46.0 Å². The van der Waals surface area contributed by atoms with Crippen molar-refractivity contribution in [2.24, 2.45) is 0 Å². The van der Waals surface area contributed by atoms with Crippen LogP contribution in [0.4, 0.5) is 5.95 Å². The van der Waals surface area contributed by atoms with Crippen molar-refractivity contribution in [1.82, 2.24) is 20.2 Å². The molecule has 1 aliphatic heterocycles. The molecule has 1 fully saturated rings. The van der Waals surface area contributed by atoms with Gasteiger partial charge in [-0.25, -0.2) is 9.97 Å². The van der Waals surface area contributed by atoms with Crippen molar-refractivity contribution < 1.29 is 0 Å². The molecule has 1 N–H and O–H groups in total. The minimum absolute atomic E-state index is 0.648. The molecule has 0 bridgehead atoms. The quantitative estimate of drug-likeness (QED) is 0.741. The SMILES string of the molecule is CCCNCc1cnc(N(C)CC2CCCN2CC)nc1. The van der Waals surface area contributed by atoms with Crippen LogP contribution in [0.25, 0.3) is 0 Å². The summed E-state index contributed by atoms with van der Waals surface area (Å²) in [6.07, 6.45) is 7.63. The van der Waals surface area contributed by atoms with Gasteiger partial charge in [-0.05, 0) is 38.9 Å². The van der Waals surface area contributed by atoms with E-state index in [1.165, 1.54) is 19.4 Å². The topological polar surface area (TPSA) is 44.3 Å². The number of anilines is 1. The van der Waals surface area contributed by atoms with E-state index in [1.54, 1.807) is 0 Å². The van der Waals surface area contributed by atoms with Gasteiger partial charge in [0, 0.05) is 44.1 Å². The third kappa shape index (κ3) is 4.64. The second-order valence-corrected chi connectivity index (χ2v) is 5.87. The Labute approximate surface area is 128 Å². The molecular weight excluding hydrogens is 262 g/mol. The van der Waals surface area contributed by atoms with Gasteiger partial charge in [-0.3, -0.25) is 4.90 Å². The van der Waals surface area contributed by atoms with Crippen LogP contribution in [-0.4, -0.2) is 54.1 Å². The maximum absolute atomic E-state index is 4.51. The Hall–Kier alpha value is -1.20. The molecule has 5 heteroatoms. The largest absolute Gasteiger partial charge is 0.342 e. The fraction of sp³-hybridized carbons (Fsp3) is 0.750. The summed E-state index contributed by atoms with van der Waals surface area (Å²) < 4.78 is 0. The Balaban J connectivity index is 1.86. The van der Waals surface area contributed by atoms with Gasteiger partial charge >= 0.3 is 0 Å². The highest BCUT2D eigenvalue weighted by atomic mass is 15.3. The van der Waals surface area contributed by atoms with Gasteiger partial charge in [-0.1, -0.05) is 13.8 Å². The maximum atomic E-state index is 4.51. The summed E-state index contributed by atoms with van der Waals surface area (Å²) in [6, 6.07) is 0.648. The summed E-state index contributed by atoms with van der Waals surface area (Å²) in [6.45, 7) is 9.69. The summed E-state index contributed by atoms with van der Waals surface area (Å²) in [5.41, 5.74) is 1.15. The zero-order valence-corrected chi connectivity index (χ0v) is 13.7. The highest BCUT2D eigenvalue weighted by Crippen LogP contribution is 2.18. The van der Waals surface area contributed by atoms with Crippen LogP contribution in [-0.2, 0) is 6.54 Å². The number of hydrogen-bond donors (Lipinski definition) is 1. The predicted octanol–water partition coefficient (Wildman–Crippen LogP) is 1.90. The molecular formula is C16H29N5. The van der Waals surface area contributed by atoms with Gasteiger partial charge in [0.05, 0.1) is 0 Å². The van der Waals surface area contributed by atoms with Crippen molar-refractivity contribution in [3.63, 3.8) is 0 Å². The molecule has 5 nitrogen and oxygen atoms in total. The van der Waals surface area contributed by atoms with E-state index < -0.39 is 0 Å². The van der Waals surface area contributed by atoms with Crippen LogP contribution < -0.4 is 10.2 Å². The standard InChI is InChI=1S/C16H29N5/c1-4-8-17-10-14-11-18-16(19-12-14)20(3)13-15-7-6-9-21(15)5-2/h11-12,15,17H,4-10,13H2,1-3H3. The monoisotopic (exact) mass is 291 g/mol.